The molecule has 2 amide bonds. The third kappa shape index (κ3) is 4.02. The van der Waals surface area contributed by atoms with E-state index >= 15 is 0 Å². The Labute approximate surface area is 156 Å². The second kappa shape index (κ2) is 8.11. The molecule has 1 atom stereocenters. The van der Waals surface area contributed by atoms with E-state index in [0.717, 1.165) is 50.0 Å². The third-order valence-electron chi connectivity index (χ3n) is 5.70. The van der Waals surface area contributed by atoms with Crippen LogP contribution in [0, 0.1) is 12.3 Å². The lowest BCUT2D eigenvalue weighted by Crippen LogP contribution is -2.47. The number of aryl methyl sites for hydroxylation is 2. The zero-order chi connectivity index (χ0) is 18.6. The second-order valence-corrected chi connectivity index (χ2v) is 7.59. The SMILES string of the molecule is CCOc1ccc(CCCC(=O)N2CCC3(CCCNC3=O)C2)cc1C. The minimum atomic E-state index is -0.319. The predicted molar refractivity (Wildman–Crippen MR) is 101 cm³/mol. The molecule has 5 heteroatoms. The number of ether oxygens (including phenoxy) is 1. The standard InChI is InChI=1S/C21H30N2O3/c1-3-26-18-9-8-17(14-16(18)2)6-4-7-19(24)23-13-11-21(15-23)10-5-12-22-20(21)25/h8-9,14H,3-7,10-13,15H2,1-2H3,(H,22,25). The topological polar surface area (TPSA) is 58.6 Å². The molecule has 1 spiro atoms. The van der Waals surface area contributed by atoms with Gasteiger partial charge in [-0.25, -0.2) is 0 Å². The summed E-state index contributed by atoms with van der Waals surface area (Å²) in [6.45, 7) is 6.80. The van der Waals surface area contributed by atoms with Crippen molar-refractivity contribution in [3.05, 3.63) is 29.3 Å². The summed E-state index contributed by atoms with van der Waals surface area (Å²) in [6, 6.07) is 6.24. The first kappa shape index (κ1) is 18.7. The number of carbonyl (C=O) groups excluding carboxylic acids is 2. The molecule has 1 unspecified atom stereocenters. The van der Waals surface area contributed by atoms with Crippen LogP contribution in [0.4, 0.5) is 0 Å². The van der Waals surface area contributed by atoms with Gasteiger partial charge in [0, 0.05) is 26.1 Å². The number of nitrogens with one attached hydrogen (secondary N) is 1. The van der Waals surface area contributed by atoms with Gasteiger partial charge < -0.3 is 15.0 Å². The average Bonchev–Trinajstić information content (AvgIpc) is 3.05. The zero-order valence-corrected chi connectivity index (χ0v) is 16.0. The summed E-state index contributed by atoms with van der Waals surface area (Å²) in [5.41, 5.74) is 2.06. The van der Waals surface area contributed by atoms with E-state index in [1.165, 1.54) is 5.56 Å². The number of hydrogen-bond acceptors (Lipinski definition) is 3. The van der Waals surface area contributed by atoms with Gasteiger partial charge in [-0.15, -0.1) is 0 Å². The van der Waals surface area contributed by atoms with Gasteiger partial charge in [0.2, 0.25) is 11.8 Å². The Morgan fingerprint density at radius 2 is 2.19 bits per heavy atom. The number of benzene rings is 1. The molecule has 2 heterocycles. The largest absolute Gasteiger partial charge is 0.494 e. The van der Waals surface area contributed by atoms with E-state index in [0.29, 0.717) is 26.1 Å². The highest BCUT2D eigenvalue weighted by Gasteiger charge is 2.46. The maximum absolute atomic E-state index is 12.5. The molecule has 5 nitrogen and oxygen atoms in total. The Morgan fingerprint density at radius 1 is 1.35 bits per heavy atom. The molecular weight excluding hydrogens is 328 g/mol. The van der Waals surface area contributed by atoms with E-state index in [1.54, 1.807) is 0 Å². The van der Waals surface area contributed by atoms with Gasteiger partial charge in [-0.2, -0.15) is 0 Å². The van der Waals surface area contributed by atoms with Gasteiger partial charge >= 0.3 is 0 Å². The molecule has 0 aromatic heterocycles. The lowest BCUT2D eigenvalue weighted by atomic mass is 9.79. The number of nitrogens with zero attached hydrogens (tertiary/aromatic N) is 1. The summed E-state index contributed by atoms with van der Waals surface area (Å²) in [4.78, 5) is 26.7. The van der Waals surface area contributed by atoms with Crippen LogP contribution in [0.15, 0.2) is 18.2 Å². The fourth-order valence-electron chi connectivity index (χ4n) is 4.19. The normalized spacial score (nSPS) is 22.5. The molecular formula is C21H30N2O3. The quantitative estimate of drug-likeness (QED) is 0.851. The average molecular weight is 358 g/mol. The first-order valence-electron chi connectivity index (χ1n) is 9.82. The van der Waals surface area contributed by atoms with Crippen LogP contribution >= 0.6 is 0 Å². The van der Waals surface area contributed by atoms with Crippen LogP contribution in [0.5, 0.6) is 5.75 Å². The smallest absolute Gasteiger partial charge is 0.228 e. The molecule has 2 fully saturated rings. The zero-order valence-electron chi connectivity index (χ0n) is 16.0. The molecule has 2 aliphatic heterocycles. The summed E-state index contributed by atoms with van der Waals surface area (Å²) in [5, 5.41) is 2.97. The molecule has 2 aliphatic rings. The van der Waals surface area contributed by atoms with E-state index in [4.69, 9.17) is 4.74 Å². The summed E-state index contributed by atoms with van der Waals surface area (Å²) in [5.74, 6) is 1.26. The van der Waals surface area contributed by atoms with E-state index in [-0.39, 0.29) is 17.2 Å². The highest BCUT2D eigenvalue weighted by atomic mass is 16.5. The first-order chi connectivity index (χ1) is 12.5. The number of likely N-dealkylation sites (tertiary alicyclic amines) is 1. The monoisotopic (exact) mass is 358 g/mol. The molecule has 0 aliphatic carbocycles. The van der Waals surface area contributed by atoms with E-state index in [9.17, 15) is 9.59 Å². The minimum Gasteiger partial charge on any atom is -0.494 e. The Hall–Kier alpha value is -2.04. The van der Waals surface area contributed by atoms with Gasteiger partial charge in [0.1, 0.15) is 5.75 Å². The Bertz CT molecular complexity index is 673. The summed E-state index contributed by atoms with van der Waals surface area (Å²) in [7, 11) is 0. The molecule has 0 saturated carbocycles. The Morgan fingerprint density at radius 3 is 2.92 bits per heavy atom. The van der Waals surface area contributed by atoms with Crippen LogP contribution in [0.1, 0.15) is 50.2 Å². The lowest BCUT2D eigenvalue weighted by molar-refractivity contribution is -0.134. The molecule has 1 N–H and O–H groups in total. The van der Waals surface area contributed by atoms with Crippen molar-refractivity contribution in [3.63, 3.8) is 0 Å². The Balaban J connectivity index is 1.47. The lowest BCUT2D eigenvalue weighted by Gasteiger charge is -2.32. The number of hydrogen-bond donors (Lipinski definition) is 1. The maximum Gasteiger partial charge on any atom is 0.228 e. The van der Waals surface area contributed by atoms with Crippen molar-refractivity contribution in [1.82, 2.24) is 10.2 Å². The van der Waals surface area contributed by atoms with Crippen LogP contribution in [0.3, 0.4) is 0 Å². The molecule has 3 rings (SSSR count). The van der Waals surface area contributed by atoms with Crippen molar-refractivity contribution in [3.8, 4) is 5.75 Å². The minimum absolute atomic E-state index is 0.143. The molecule has 1 aromatic carbocycles. The van der Waals surface area contributed by atoms with E-state index in [2.05, 4.69) is 24.4 Å². The van der Waals surface area contributed by atoms with Crippen molar-refractivity contribution in [2.45, 2.75) is 52.4 Å². The van der Waals surface area contributed by atoms with Crippen molar-refractivity contribution < 1.29 is 14.3 Å². The molecule has 26 heavy (non-hydrogen) atoms. The van der Waals surface area contributed by atoms with Crippen LogP contribution in [0.2, 0.25) is 0 Å². The summed E-state index contributed by atoms with van der Waals surface area (Å²) < 4.78 is 5.57. The van der Waals surface area contributed by atoms with E-state index in [1.807, 2.05) is 17.9 Å². The molecule has 1 aromatic rings. The van der Waals surface area contributed by atoms with Gasteiger partial charge in [0.15, 0.2) is 0 Å². The maximum atomic E-state index is 12.5. The molecule has 0 bridgehead atoms. The summed E-state index contributed by atoms with van der Waals surface area (Å²) in [6.07, 6.45) is 5.01. The van der Waals surface area contributed by atoms with Gasteiger partial charge in [-0.1, -0.05) is 12.1 Å². The second-order valence-electron chi connectivity index (χ2n) is 7.59. The van der Waals surface area contributed by atoms with Crippen molar-refractivity contribution in [1.29, 1.82) is 0 Å². The van der Waals surface area contributed by atoms with Gasteiger partial charge in [-0.05, 0) is 63.1 Å². The van der Waals surface area contributed by atoms with E-state index < -0.39 is 0 Å². The van der Waals surface area contributed by atoms with Crippen molar-refractivity contribution >= 4 is 11.8 Å². The third-order valence-corrected chi connectivity index (χ3v) is 5.70. The fraction of sp³-hybridized carbons (Fsp3) is 0.619. The van der Waals surface area contributed by atoms with Crippen LogP contribution in [-0.2, 0) is 16.0 Å². The van der Waals surface area contributed by atoms with Crippen LogP contribution in [-0.4, -0.2) is 43.0 Å². The van der Waals surface area contributed by atoms with Gasteiger partial charge in [0.25, 0.3) is 0 Å². The van der Waals surface area contributed by atoms with Crippen LogP contribution < -0.4 is 10.1 Å². The number of amides is 2. The number of carbonyl (C=O) groups is 2. The number of rotatable bonds is 6. The number of piperidine rings is 1. The fourth-order valence-corrected chi connectivity index (χ4v) is 4.19. The van der Waals surface area contributed by atoms with Crippen LogP contribution in [0.25, 0.3) is 0 Å². The Kier molecular flexibility index (Phi) is 5.84. The molecule has 0 radical (unpaired) electrons. The highest BCUT2D eigenvalue weighted by Crippen LogP contribution is 2.37. The highest BCUT2D eigenvalue weighted by molar-refractivity contribution is 5.86. The van der Waals surface area contributed by atoms with Crippen molar-refractivity contribution in [2.24, 2.45) is 5.41 Å². The van der Waals surface area contributed by atoms with Gasteiger partial charge in [-0.3, -0.25) is 9.59 Å². The molecule has 142 valence electrons. The van der Waals surface area contributed by atoms with Crippen molar-refractivity contribution in [2.75, 3.05) is 26.2 Å². The predicted octanol–water partition coefficient (Wildman–Crippen LogP) is 2.85. The first-order valence-corrected chi connectivity index (χ1v) is 9.82. The van der Waals surface area contributed by atoms with Gasteiger partial charge in [0.05, 0.1) is 12.0 Å². The molecule has 2 saturated heterocycles. The summed E-state index contributed by atoms with van der Waals surface area (Å²) >= 11 is 0.